The average Bonchev–Trinajstić information content (AvgIpc) is 2.76. The molecular weight excluding hydrogens is 378 g/mol. The van der Waals surface area contributed by atoms with Crippen LogP contribution < -0.4 is 10.9 Å². The Labute approximate surface area is 176 Å². The fraction of sp³-hybridized carbons (Fsp3) is 0.333. The lowest BCUT2D eigenvalue weighted by atomic mass is 10.0. The molecule has 1 N–H and O–H groups in total. The van der Waals surface area contributed by atoms with Gasteiger partial charge in [0, 0.05) is 54.4 Å². The SMILES string of the molecule is Cc1cccc(C(=O)Nc2cccc3c(=O)n(CCN4CCOCC4)ccc23)c1C. The second kappa shape index (κ2) is 8.81. The first-order valence-electron chi connectivity index (χ1n) is 10.3. The second-order valence-corrected chi connectivity index (χ2v) is 7.74. The lowest BCUT2D eigenvalue weighted by molar-refractivity contribution is 0.0363. The first-order chi connectivity index (χ1) is 14.5. The van der Waals surface area contributed by atoms with Crippen LogP contribution in [0.15, 0.2) is 53.5 Å². The number of aromatic nitrogens is 1. The van der Waals surface area contributed by atoms with Gasteiger partial charge in [-0.2, -0.15) is 0 Å². The van der Waals surface area contributed by atoms with Crippen LogP contribution >= 0.6 is 0 Å². The smallest absolute Gasteiger partial charge is 0.258 e. The van der Waals surface area contributed by atoms with Gasteiger partial charge in [-0.15, -0.1) is 0 Å². The van der Waals surface area contributed by atoms with Gasteiger partial charge in [-0.3, -0.25) is 14.5 Å². The van der Waals surface area contributed by atoms with E-state index in [1.807, 2.05) is 62.5 Å². The maximum Gasteiger partial charge on any atom is 0.258 e. The van der Waals surface area contributed by atoms with Crippen molar-refractivity contribution in [3.05, 3.63) is 75.7 Å². The van der Waals surface area contributed by atoms with Crippen molar-refractivity contribution in [1.29, 1.82) is 0 Å². The zero-order chi connectivity index (χ0) is 21.1. The summed E-state index contributed by atoms with van der Waals surface area (Å²) in [7, 11) is 0. The van der Waals surface area contributed by atoms with Crippen LogP contribution in [0.4, 0.5) is 5.69 Å². The summed E-state index contributed by atoms with van der Waals surface area (Å²) in [5.74, 6) is -0.166. The van der Waals surface area contributed by atoms with Crippen LogP contribution in [0.25, 0.3) is 10.8 Å². The van der Waals surface area contributed by atoms with E-state index in [1.165, 1.54) is 0 Å². The van der Waals surface area contributed by atoms with Gasteiger partial charge in [-0.1, -0.05) is 18.2 Å². The molecule has 1 fully saturated rings. The van der Waals surface area contributed by atoms with E-state index >= 15 is 0 Å². The number of benzene rings is 2. The molecule has 0 spiro atoms. The largest absolute Gasteiger partial charge is 0.379 e. The number of fused-ring (bicyclic) bond motifs is 1. The number of rotatable bonds is 5. The lowest BCUT2D eigenvalue weighted by Crippen LogP contribution is -2.39. The van der Waals surface area contributed by atoms with Crippen molar-refractivity contribution < 1.29 is 9.53 Å². The van der Waals surface area contributed by atoms with Gasteiger partial charge in [0.2, 0.25) is 0 Å². The Morgan fingerprint density at radius 3 is 2.57 bits per heavy atom. The number of nitrogens with zero attached hydrogens (tertiary/aromatic N) is 2. The zero-order valence-corrected chi connectivity index (χ0v) is 17.5. The molecule has 156 valence electrons. The molecule has 6 nitrogen and oxygen atoms in total. The Hall–Kier alpha value is -2.96. The number of carbonyl (C=O) groups excluding carboxylic acids is 1. The van der Waals surface area contributed by atoms with Crippen molar-refractivity contribution in [1.82, 2.24) is 9.47 Å². The number of anilines is 1. The summed E-state index contributed by atoms with van der Waals surface area (Å²) in [4.78, 5) is 28.2. The molecule has 0 bridgehead atoms. The highest BCUT2D eigenvalue weighted by molar-refractivity contribution is 6.09. The van der Waals surface area contributed by atoms with E-state index in [0.717, 1.165) is 49.4 Å². The van der Waals surface area contributed by atoms with Crippen LogP contribution in [0.2, 0.25) is 0 Å². The highest BCUT2D eigenvalue weighted by atomic mass is 16.5. The van der Waals surface area contributed by atoms with E-state index in [0.29, 0.717) is 23.2 Å². The van der Waals surface area contributed by atoms with Gasteiger partial charge in [-0.25, -0.2) is 0 Å². The van der Waals surface area contributed by atoms with Gasteiger partial charge in [0.05, 0.1) is 13.2 Å². The monoisotopic (exact) mass is 405 g/mol. The van der Waals surface area contributed by atoms with Crippen molar-refractivity contribution in [3.8, 4) is 0 Å². The summed E-state index contributed by atoms with van der Waals surface area (Å²) >= 11 is 0. The van der Waals surface area contributed by atoms with Crippen molar-refractivity contribution in [3.63, 3.8) is 0 Å². The quantitative estimate of drug-likeness (QED) is 0.708. The molecule has 1 aliphatic rings. The van der Waals surface area contributed by atoms with Crippen LogP contribution in [0.1, 0.15) is 21.5 Å². The van der Waals surface area contributed by atoms with Crippen molar-refractivity contribution in [2.24, 2.45) is 0 Å². The first kappa shape index (κ1) is 20.3. The Bertz CT molecular complexity index is 1130. The molecule has 6 heteroatoms. The molecule has 0 saturated carbocycles. The topological polar surface area (TPSA) is 63.6 Å². The highest BCUT2D eigenvalue weighted by Gasteiger charge is 2.14. The van der Waals surface area contributed by atoms with E-state index in [1.54, 1.807) is 4.57 Å². The summed E-state index contributed by atoms with van der Waals surface area (Å²) in [6.07, 6.45) is 1.82. The first-order valence-corrected chi connectivity index (χ1v) is 10.3. The van der Waals surface area contributed by atoms with E-state index < -0.39 is 0 Å². The fourth-order valence-corrected chi connectivity index (χ4v) is 3.86. The number of nitrogens with one attached hydrogen (secondary N) is 1. The van der Waals surface area contributed by atoms with E-state index in [4.69, 9.17) is 4.74 Å². The summed E-state index contributed by atoms with van der Waals surface area (Å²) in [5, 5.41) is 4.35. The van der Waals surface area contributed by atoms with Gasteiger partial charge in [0.25, 0.3) is 11.5 Å². The number of hydrogen-bond acceptors (Lipinski definition) is 4. The number of aryl methyl sites for hydroxylation is 1. The standard InChI is InChI=1S/C24H27N3O3/c1-17-5-3-6-19(18(17)2)23(28)25-22-8-4-7-21-20(22)9-10-27(24(21)29)12-11-26-13-15-30-16-14-26/h3-10H,11-16H2,1-2H3,(H,25,28). The summed E-state index contributed by atoms with van der Waals surface area (Å²) < 4.78 is 7.12. The molecule has 4 rings (SSSR count). The number of morpholine rings is 1. The molecule has 1 amide bonds. The molecule has 3 aromatic rings. The molecule has 30 heavy (non-hydrogen) atoms. The molecule has 1 saturated heterocycles. The predicted octanol–water partition coefficient (Wildman–Crippen LogP) is 3.20. The number of pyridine rings is 1. The predicted molar refractivity (Wildman–Crippen MR) is 119 cm³/mol. The van der Waals surface area contributed by atoms with Gasteiger partial charge >= 0.3 is 0 Å². The molecule has 0 unspecified atom stereocenters. The molecule has 2 heterocycles. The maximum absolute atomic E-state index is 13.0. The molecule has 1 aromatic heterocycles. The molecule has 2 aromatic carbocycles. The van der Waals surface area contributed by atoms with Crippen LogP contribution in [0.5, 0.6) is 0 Å². The highest BCUT2D eigenvalue weighted by Crippen LogP contribution is 2.22. The number of carbonyl (C=O) groups is 1. The number of hydrogen-bond donors (Lipinski definition) is 1. The van der Waals surface area contributed by atoms with Crippen LogP contribution in [-0.2, 0) is 11.3 Å². The Balaban J connectivity index is 1.58. The Morgan fingerprint density at radius 2 is 1.77 bits per heavy atom. The summed E-state index contributed by atoms with van der Waals surface area (Å²) in [6, 6.07) is 13.1. The number of ether oxygens (including phenoxy) is 1. The van der Waals surface area contributed by atoms with Gasteiger partial charge < -0.3 is 14.6 Å². The zero-order valence-electron chi connectivity index (χ0n) is 17.5. The fourth-order valence-electron chi connectivity index (χ4n) is 3.86. The van der Waals surface area contributed by atoms with Crippen LogP contribution in [0, 0.1) is 13.8 Å². The Morgan fingerprint density at radius 1 is 1.00 bits per heavy atom. The van der Waals surface area contributed by atoms with E-state index in [-0.39, 0.29) is 11.5 Å². The average molecular weight is 405 g/mol. The third kappa shape index (κ3) is 4.15. The van der Waals surface area contributed by atoms with Crippen LogP contribution in [-0.4, -0.2) is 48.2 Å². The molecular formula is C24H27N3O3. The molecule has 0 radical (unpaired) electrons. The van der Waals surface area contributed by atoms with Crippen molar-refractivity contribution in [2.45, 2.75) is 20.4 Å². The minimum absolute atomic E-state index is 0.0383. The van der Waals surface area contributed by atoms with Gasteiger partial charge in [-0.05, 0) is 49.2 Å². The summed E-state index contributed by atoms with van der Waals surface area (Å²) in [5.41, 5.74) is 3.29. The molecule has 1 aliphatic heterocycles. The third-order valence-corrected chi connectivity index (χ3v) is 5.88. The van der Waals surface area contributed by atoms with Crippen molar-refractivity contribution in [2.75, 3.05) is 38.2 Å². The van der Waals surface area contributed by atoms with Gasteiger partial charge in [0.1, 0.15) is 0 Å². The maximum atomic E-state index is 13.0. The van der Waals surface area contributed by atoms with Crippen molar-refractivity contribution >= 4 is 22.4 Å². The third-order valence-electron chi connectivity index (χ3n) is 5.88. The number of amides is 1. The van der Waals surface area contributed by atoms with Crippen LogP contribution in [0.3, 0.4) is 0 Å². The lowest BCUT2D eigenvalue weighted by Gasteiger charge is -2.26. The minimum Gasteiger partial charge on any atom is -0.379 e. The second-order valence-electron chi connectivity index (χ2n) is 7.74. The normalized spacial score (nSPS) is 14.7. The van der Waals surface area contributed by atoms with Gasteiger partial charge in [0.15, 0.2) is 0 Å². The Kier molecular flexibility index (Phi) is 5.97. The molecule has 0 atom stereocenters. The minimum atomic E-state index is -0.166. The molecule has 0 aliphatic carbocycles. The summed E-state index contributed by atoms with van der Waals surface area (Å²) in [6.45, 7) is 8.68. The van der Waals surface area contributed by atoms with E-state index in [2.05, 4.69) is 10.2 Å². The van der Waals surface area contributed by atoms with E-state index in [9.17, 15) is 9.59 Å².